The minimum atomic E-state index is -1.03. The van der Waals surface area contributed by atoms with Crippen LogP contribution in [0.3, 0.4) is 0 Å². The zero-order chi connectivity index (χ0) is 12.0. The van der Waals surface area contributed by atoms with Crippen LogP contribution in [0.5, 0.6) is 0 Å². The van der Waals surface area contributed by atoms with E-state index >= 15 is 0 Å². The van der Waals surface area contributed by atoms with E-state index in [0.717, 1.165) is 0 Å². The molecule has 0 N–H and O–H groups in total. The average Bonchev–Trinajstić information content (AvgIpc) is 2.15. The number of ether oxygens (including phenoxy) is 3. The minimum absolute atomic E-state index is 0.592. The van der Waals surface area contributed by atoms with Crippen LogP contribution in [-0.4, -0.2) is 37.2 Å². The summed E-state index contributed by atoms with van der Waals surface area (Å²) in [5, 5.41) is 0. The van der Waals surface area contributed by atoms with Crippen molar-refractivity contribution < 1.29 is 28.6 Å². The summed E-state index contributed by atoms with van der Waals surface area (Å²) in [7, 11) is 1.18. The van der Waals surface area contributed by atoms with Gasteiger partial charge in [0.1, 0.15) is 0 Å². The van der Waals surface area contributed by atoms with E-state index in [1.807, 2.05) is 0 Å². The molecule has 0 heterocycles. The predicted molar refractivity (Wildman–Crippen MR) is 48.8 cm³/mol. The Morgan fingerprint density at radius 2 is 1.40 bits per heavy atom. The second-order valence-corrected chi connectivity index (χ2v) is 2.85. The number of carbonyl (C=O) groups excluding carboxylic acids is 3. The summed E-state index contributed by atoms with van der Waals surface area (Å²) >= 11 is 0. The maximum Gasteiger partial charge on any atom is 0.347 e. The maximum atomic E-state index is 11.2. The molecule has 86 valence electrons. The molecule has 0 spiro atoms. The highest BCUT2D eigenvalue weighted by Gasteiger charge is 2.23. The summed E-state index contributed by atoms with van der Waals surface area (Å²) in [6.45, 7) is 3.89. The van der Waals surface area contributed by atoms with Gasteiger partial charge in [0.2, 0.25) is 0 Å². The van der Waals surface area contributed by atoms with Crippen LogP contribution in [-0.2, 0) is 28.6 Å². The van der Waals surface area contributed by atoms with Gasteiger partial charge in [-0.2, -0.15) is 0 Å². The molecule has 0 aliphatic rings. The van der Waals surface area contributed by atoms with E-state index in [1.54, 1.807) is 0 Å². The topological polar surface area (TPSA) is 78.9 Å². The first kappa shape index (κ1) is 13.4. The van der Waals surface area contributed by atoms with Crippen molar-refractivity contribution in [3.8, 4) is 0 Å². The molecule has 0 aliphatic heterocycles. The number of esters is 3. The quantitative estimate of drug-likeness (QED) is 0.489. The third-order valence-corrected chi connectivity index (χ3v) is 1.50. The molecule has 0 aliphatic carbocycles. The van der Waals surface area contributed by atoms with Crippen molar-refractivity contribution in [2.24, 2.45) is 0 Å². The Bertz CT molecular complexity index is 259. The lowest BCUT2D eigenvalue weighted by molar-refractivity contribution is -0.175. The molecule has 0 radical (unpaired) electrons. The van der Waals surface area contributed by atoms with Crippen LogP contribution >= 0.6 is 0 Å². The fraction of sp³-hybridized carbons (Fsp3) is 0.667. The van der Waals surface area contributed by atoms with Gasteiger partial charge < -0.3 is 14.2 Å². The Morgan fingerprint density at radius 1 is 0.933 bits per heavy atom. The monoisotopic (exact) mass is 218 g/mol. The van der Waals surface area contributed by atoms with Gasteiger partial charge in [0.05, 0.1) is 7.11 Å². The maximum absolute atomic E-state index is 11.2. The predicted octanol–water partition coefficient (Wildman–Crippen LogP) is 0.0427. The van der Waals surface area contributed by atoms with Crippen LogP contribution in [0, 0.1) is 0 Å². The minimum Gasteiger partial charge on any atom is -0.466 e. The number of hydrogen-bond donors (Lipinski definition) is 0. The highest BCUT2D eigenvalue weighted by molar-refractivity contribution is 5.82. The van der Waals surface area contributed by atoms with E-state index in [4.69, 9.17) is 0 Å². The van der Waals surface area contributed by atoms with Crippen LogP contribution in [0.1, 0.15) is 20.8 Å². The van der Waals surface area contributed by atoms with Gasteiger partial charge in [0.25, 0.3) is 0 Å². The molecule has 0 aromatic heterocycles. The molecular weight excluding hydrogens is 204 g/mol. The molecule has 0 saturated carbocycles. The number of rotatable bonds is 4. The Morgan fingerprint density at radius 3 is 1.80 bits per heavy atom. The lowest BCUT2D eigenvalue weighted by Crippen LogP contribution is -2.32. The van der Waals surface area contributed by atoms with Gasteiger partial charge in [0.15, 0.2) is 12.2 Å². The van der Waals surface area contributed by atoms with Crippen LogP contribution < -0.4 is 0 Å². The highest BCUT2D eigenvalue weighted by atomic mass is 16.6. The molecule has 0 saturated heterocycles. The first-order valence-electron chi connectivity index (χ1n) is 4.34. The van der Waals surface area contributed by atoms with Crippen molar-refractivity contribution in [1.82, 2.24) is 0 Å². The van der Waals surface area contributed by atoms with Crippen LogP contribution in [0.2, 0.25) is 0 Å². The van der Waals surface area contributed by atoms with Crippen LogP contribution in [0.4, 0.5) is 0 Å². The fourth-order valence-corrected chi connectivity index (χ4v) is 0.781. The van der Waals surface area contributed by atoms with Gasteiger partial charge in [-0.25, -0.2) is 9.59 Å². The Hall–Kier alpha value is -1.59. The third-order valence-electron chi connectivity index (χ3n) is 1.50. The van der Waals surface area contributed by atoms with Gasteiger partial charge in [-0.3, -0.25) is 4.79 Å². The van der Waals surface area contributed by atoms with E-state index in [9.17, 15) is 14.4 Å². The summed E-state index contributed by atoms with van der Waals surface area (Å²) in [5.41, 5.74) is 0. The summed E-state index contributed by atoms with van der Waals surface area (Å²) in [6, 6.07) is 0. The van der Waals surface area contributed by atoms with Gasteiger partial charge >= 0.3 is 17.9 Å². The average molecular weight is 218 g/mol. The molecule has 2 atom stereocenters. The summed E-state index contributed by atoms with van der Waals surface area (Å²) in [4.78, 5) is 32.6. The van der Waals surface area contributed by atoms with Crippen LogP contribution in [0.25, 0.3) is 0 Å². The molecule has 0 aromatic carbocycles. The van der Waals surface area contributed by atoms with Gasteiger partial charge in [-0.05, 0) is 13.8 Å². The Balaban J connectivity index is 4.12. The zero-order valence-electron chi connectivity index (χ0n) is 9.10. The summed E-state index contributed by atoms with van der Waals surface area (Å²) in [6.07, 6.45) is -2.05. The first-order valence-corrected chi connectivity index (χ1v) is 4.34. The van der Waals surface area contributed by atoms with E-state index in [0.29, 0.717) is 0 Å². The molecular formula is C9H14O6. The fourth-order valence-electron chi connectivity index (χ4n) is 0.781. The van der Waals surface area contributed by atoms with E-state index in [2.05, 4.69) is 14.2 Å². The van der Waals surface area contributed by atoms with Crippen molar-refractivity contribution >= 4 is 17.9 Å². The summed E-state index contributed by atoms with van der Waals surface area (Å²) < 4.78 is 13.6. The van der Waals surface area contributed by atoms with Crippen molar-refractivity contribution in [1.29, 1.82) is 0 Å². The lowest BCUT2D eigenvalue weighted by atomic mass is 10.4. The van der Waals surface area contributed by atoms with E-state index in [-0.39, 0.29) is 0 Å². The molecule has 15 heavy (non-hydrogen) atoms. The molecule has 2 unspecified atom stereocenters. The molecule has 0 bridgehead atoms. The second kappa shape index (κ2) is 6.00. The van der Waals surface area contributed by atoms with Crippen molar-refractivity contribution in [2.75, 3.05) is 7.11 Å². The first-order chi connectivity index (χ1) is 6.88. The lowest BCUT2D eigenvalue weighted by Gasteiger charge is -2.14. The Kier molecular flexibility index (Phi) is 5.36. The number of hydrogen-bond acceptors (Lipinski definition) is 6. The van der Waals surface area contributed by atoms with E-state index < -0.39 is 30.1 Å². The molecule has 0 aromatic rings. The van der Waals surface area contributed by atoms with Gasteiger partial charge in [-0.1, -0.05) is 0 Å². The van der Waals surface area contributed by atoms with E-state index in [1.165, 1.54) is 27.9 Å². The molecule has 0 fully saturated rings. The number of carbonyl (C=O) groups is 3. The molecule has 0 rings (SSSR count). The van der Waals surface area contributed by atoms with Gasteiger partial charge in [-0.15, -0.1) is 0 Å². The number of methoxy groups -OCH3 is 1. The van der Waals surface area contributed by atoms with Crippen molar-refractivity contribution in [3.63, 3.8) is 0 Å². The normalized spacial score (nSPS) is 13.6. The third kappa shape index (κ3) is 4.99. The summed E-state index contributed by atoms with van der Waals surface area (Å²) in [5.74, 6) is -2.05. The largest absolute Gasteiger partial charge is 0.466 e. The van der Waals surface area contributed by atoms with Gasteiger partial charge in [0, 0.05) is 6.92 Å². The molecule has 6 heteroatoms. The Labute approximate surface area is 87.5 Å². The van der Waals surface area contributed by atoms with Crippen molar-refractivity contribution in [3.05, 3.63) is 0 Å². The standard InChI is InChI=1S/C9H14O6/c1-5(8(11)13-4)15-9(12)6(2)14-7(3)10/h5-6H,1-4H3. The highest BCUT2D eigenvalue weighted by Crippen LogP contribution is 2.00. The zero-order valence-corrected chi connectivity index (χ0v) is 9.10. The van der Waals surface area contributed by atoms with Crippen molar-refractivity contribution in [2.45, 2.75) is 33.0 Å². The molecule has 0 amide bonds. The molecule has 6 nitrogen and oxygen atoms in total. The van der Waals surface area contributed by atoms with Crippen LogP contribution in [0.15, 0.2) is 0 Å². The second-order valence-electron chi connectivity index (χ2n) is 2.85. The SMILES string of the molecule is COC(=O)C(C)OC(=O)C(C)OC(C)=O. The smallest absolute Gasteiger partial charge is 0.347 e.